The third kappa shape index (κ3) is 5.74. The summed E-state index contributed by atoms with van der Waals surface area (Å²) in [7, 11) is 0. The Morgan fingerprint density at radius 3 is 2.70 bits per heavy atom. The average molecular weight is 333 g/mol. The van der Waals surface area contributed by atoms with E-state index in [0.717, 1.165) is 17.3 Å². The lowest BCUT2D eigenvalue weighted by Gasteiger charge is -2.07. The molecule has 0 saturated carbocycles. The number of nitrogens with zero attached hydrogens (tertiary/aromatic N) is 2. The van der Waals surface area contributed by atoms with Crippen LogP contribution < -0.4 is 10.6 Å². The summed E-state index contributed by atoms with van der Waals surface area (Å²) in [6.45, 7) is 4.48. The van der Waals surface area contributed by atoms with Crippen molar-refractivity contribution < 1.29 is 9.59 Å². The maximum Gasteiger partial charge on any atom is 0.321 e. The first-order valence-electron chi connectivity index (χ1n) is 7.23. The van der Waals surface area contributed by atoms with Crippen LogP contribution in [0.4, 0.5) is 4.79 Å². The number of nitrogens with one attached hydrogen (secondary N) is 3. The second-order valence-electron chi connectivity index (χ2n) is 5.27. The van der Waals surface area contributed by atoms with E-state index in [-0.39, 0.29) is 11.7 Å². The van der Waals surface area contributed by atoms with E-state index in [1.54, 1.807) is 0 Å². The third-order valence-corrected chi connectivity index (χ3v) is 3.62. The summed E-state index contributed by atoms with van der Waals surface area (Å²) in [5, 5.41) is 12.2. The van der Waals surface area contributed by atoms with Crippen LogP contribution >= 0.6 is 11.8 Å². The quantitative estimate of drug-likeness (QED) is 0.703. The zero-order valence-corrected chi connectivity index (χ0v) is 13.8. The van der Waals surface area contributed by atoms with Gasteiger partial charge in [0.2, 0.25) is 11.1 Å². The highest BCUT2D eigenvalue weighted by Crippen LogP contribution is 2.18. The van der Waals surface area contributed by atoms with Gasteiger partial charge in [0.25, 0.3) is 0 Å². The van der Waals surface area contributed by atoms with E-state index in [9.17, 15) is 9.59 Å². The largest absolute Gasteiger partial charge is 0.338 e. The van der Waals surface area contributed by atoms with Crippen molar-refractivity contribution in [2.45, 2.75) is 19.0 Å². The first kappa shape index (κ1) is 17.0. The molecule has 122 valence electrons. The fourth-order valence-electron chi connectivity index (χ4n) is 1.67. The highest BCUT2D eigenvalue weighted by atomic mass is 32.2. The molecule has 0 saturated heterocycles. The number of aromatic amines is 1. The second-order valence-corrected chi connectivity index (χ2v) is 6.22. The van der Waals surface area contributed by atoms with Gasteiger partial charge in [-0.3, -0.25) is 15.2 Å². The van der Waals surface area contributed by atoms with Gasteiger partial charge in [0, 0.05) is 12.1 Å². The molecule has 0 unspecified atom stereocenters. The summed E-state index contributed by atoms with van der Waals surface area (Å²) < 4.78 is 0. The minimum Gasteiger partial charge on any atom is -0.338 e. The molecule has 0 bridgehead atoms. The number of hydrogen-bond acceptors (Lipinski definition) is 5. The van der Waals surface area contributed by atoms with E-state index >= 15 is 0 Å². The van der Waals surface area contributed by atoms with E-state index in [0.29, 0.717) is 23.4 Å². The van der Waals surface area contributed by atoms with Crippen LogP contribution in [0.1, 0.15) is 13.8 Å². The van der Waals surface area contributed by atoms with Crippen molar-refractivity contribution in [3.63, 3.8) is 0 Å². The van der Waals surface area contributed by atoms with Crippen molar-refractivity contribution in [1.82, 2.24) is 25.8 Å². The molecule has 0 spiro atoms. The van der Waals surface area contributed by atoms with E-state index in [4.69, 9.17) is 0 Å². The Morgan fingerprint density at radius 1 is 1.26 bits per heavy atom. The van der Waals surface area contributed by atoms with Gasteiger partial charge in [-0.25, -0.2) is 9.78 Å². The van der Waals surface area contributed by atoms with Crippen LogP contribution in [0.2, 0.25) is 0 Å². The summed E-state index contributed by atoms with van der Waals surface area (Å²) >= 11 is 1.16. The topological polar surface area (TPSA) is 99.8 Å². The SMILES string of the molecule is CC(C)CNC(=O)NC(=O)CSc1n[nH]c(-c2ccccc2)n1. The molecule has 0 aliphatic rings. The first-order chi connectivity index (χ1) is 11.0. The Balaban J connectivity index is 1.79. The Labute approximate surface area is 138 Å². The van der Waals surface area contributed by atoms with E-state index in [1.807, 2.05) is 44.2 Å². The molecule has 2 rings (SSSR count). The molecular weight excluding hydrogens is 314 g/mol. The number of thioether (sulfide) groups is 1. The third-order valence-electron chi connectivity index (χ3n) is 2.77. The molecule has 1 aromatic carbocycles. The molecule has 1 aromatic heterocycles. The second kappa shape index (κ2) is 8.33. The molecule has 0 aliphatic heterocycles. The van der Waals surface area contributed by atoms with Gasteiger partial charge in [-0.05, 0) is 5.92 Å². The van der Waals surface area contributed by atoms with Gasteiger partial charge < -0.3 is 5.32 Å². The lowest BCUT2D eigenvalue weighted by atomic mass is 10.2. The molecule has 0 aliphatic carbocycles. The Bertz CT molecular complexity index is 657. The maximum atomic E-state index is 11.7. The van der Waals surface area contributed by atoms with Crippen LogP contribution in [0.3, 0.4) is 0 Å². The van der Waals surface area contributed by atoms with E-state index < -0.39 is 6.03 Å². The van der Waals surface area contributed by atoms with E-state index in [2.05, 4.69) is 25.8 Å². The molecule has 2 aromatic rings. The van der Waals surface area contributed by atoms with Gasteiger partial charge in [-0.2, -0.15) is 0 Å². The molecule has 7 nitrogen and oxygen atoms in total. The number of hydrogen-bond donors (Lipinski definition) is 3. The molecule has 1 heterocycles. The lowest BCUT2D eigenvalue weighted by Crippen LogP contribution is -2.41. The normalized spacial score (nSPS) is 10.6. The van der Waals surface area contributed by atoms with Crippen LogP contribution in [0.5, 0.6) is 0 Å². The summed E-state index contributed by atoms with van der Waals surface area (Å²) in [5.41, 5.74) is 0.921. The molecular formula is C15H19N5O2S. The van der Waals surface area contributed by atoms with Gasteiger partial charge in [0.1, 0.15) is 0 Å². The maximum absolute atomic E-state index is 11.7. The van der Waals surface area contributed by atoms with Crippen molar-refractivity contribution in [2.75, 3.05) is 12.3 Å². The van der Waals surface area contributed by atoms with Gasteiger partial charge in [0.05, 0.1) is 5.75 Å². The summed E-state index contributed by atoms with van der Waals surface area (Å²) in [6, 6.07) is 9.09. The molecule has 3 amide bonds. The first-order valence-corrected chi connectivity index (χ1v) is 8.21. The summed E-state index contributed by atoms with van der Waals surface area (Å²) in [4.78, 5) is 27.5. The van der Waals surface area contributed by atoms with Gasteiger partial charge in [-0.1, -0.05) is 55.9 Å². The monoisotopic (exact) mass is 333 g/mol. The van der Waals surface area contributed by atoms with Crippen molar-refractivity contribution in [1.29, 1.82) is 0 Å². The standard InChI is InChI=1S/C15H19N5O2S/c1-10(2)8-16-14(22)17-12(21)9-23-15-18-13(19-20-15)11-6-4-3-5-7-11/h3-7,10H,8-9H2,1-2H3,(H,18,19,20)(H2,16,17,21,22). The number of carbonyl (C=O) groups is 2. The van der Waals surface area contributed by atoms with Crippen molar-refractivity contribution in [3.05, 3.63) is 30.3 Å². The van der Waals surface area contributed by atoms with E-state index in [1.165, 1.54) is 0 Å². The van der Waals surface area contributed by atoms with Gasteiger partial charge in [-0.15, -0.1) is 5.10 Å². The number of H-pyrrole nitrogens is 1. The van der Waals surface area contributed by atoms with Crippen LogP contribution in [0.15, 0.2) is 35.5 Å². The molecule has 3 N–H and O–H groups in total. The van der Waals surface area contributed by atoms with Crippen LogP contribution in [0, 0.1) is 5.92 Å². The number of rotatable bonds is 6. The van der Waals surface area contributed by atoms with Crippen molar-refractivity contribution in [3.8, 4) is 11.4 Å². The summed E-state index contributed by atoms with van der Waals surface area (Å²) in [6.07, 6.45) is 0. The van der Waals surface area contributed by atoms with Crippen LogP contribution in [0.25, 0.3) is 11.4 Å². The number of aromatic nitrogens is 3. The highest BCUT2D eigenvalue weighted by Gasteiger charge is 2.11. The van der Waals surface area contributed by atoms with Gasteiger partial charge >= 0.3 is 6.03 Å². The van der Waals surface area contributed by atoms with Crippen LogP contribution in [-0.2, 0) is 4.79 Å². The van der Waals surface area contributed by atoms with Gasteiger partial charge in [0.15, 0.2) is 5.82 Å². The zero-order valence-electron chi connectivity index (χ0n) is 13.0. The molecule has 0 radical (unpaired) electrons. The predicted molar refractivity (Wildman–Crippen MR) is 88.9 cm³/mol. The van der Waals surface area contributed by atoms with Crippen molar-refractivity contribution >= 4 is 23.7 Å². The highest BCUT2D eigenvalue weighted by molar-refractivity contribution is 7.99. The number of carbonyl (C=O) groups excluding carboxylic acids is 2. The Morgan fingerprint density at radius 2 is 2.00 bits per heavy atom. The Hall–Kier alpha value is -2.35. The molecule has 8 heteroatoms. The molecule has 0 fully saturated rings. The fourth-order valence-corrected chi connectivity index (χ4v) is 2.27. The minimum absolute atomic E-state index is 0.0706. The van der Waals surface area contributed by atoms with Crippen LogP contribution in [-0.4, -0.2) is 39.4 Å². The number of urea groups is 1. The molecule has 23 heavy (non-hydrogen) atoms. The average Bonchev–Trinajstić information content (AvgIpc) is 3.01. The Kier molecular flexibility index (Phi) is 6.16. The number of imide groups is 1. The minimum atomic E-state index is -0.482. The summed E-state index contributed by atoms with van der Waals surface area (Å²) in [5.74, 6) is 0.654. The zero-order chi connectivity index (χ0) is 16.7. The number of amides is 3. The fraction of sp³-hybridized carbons (Fsp3) is 0.333. The molecule has 0 atom stereocenters. The predicted octanol–water partition coefficient (Wildman–Crippen LogP) is 2.05. The van der Waals surface area contributed by atoms with Crippen molar-refractivity contribution in [2.24, 2.45) is 5.92 Å². The lowest BCUT2D eigenvalue weighted by molar-refractivity contribution is -0.117. The number of benzene rings is 1. The smallest absolute Gasteiger partial charge is 0.321 e.